The molecule has 25 heavy (non-hydrogen) atoms. The lowest BCUT2D eigenvalue weighted by Gasteiger charge is -2.31. The quantitative estimate of drug-likeness (QED) is 0.823. The van der Waals surface area contributed by atoms with E-state index in [-0.39, 0.29) is 0 Å². The first-order valence-corrected chi connectivity index (χ1v) is 9.18. The number of nitrogens with zero attached hydrogens (tertiary/aromatic N) is 1. The van der Waals surface area contributed by atoms with E-state index in [4.69, 9.17) is 0 Å². The molecular formula is C22H27NO2. The normalized spacial score (nSPS) is 15.5. The van der Waals surface area contributed by atoms with Gasteiger partial charge in [0.25, 0.3) is 0 Å². The minimum absolute atomic E-state index is 0.373. The maximum Gasteiger partial charge on any atom is 0.336 e. The second-order valence-corrected chi connectivity index (χ2v) is 7.21. The predicted molar refractivity (Wildman–Crippen MR) is 102 cm³/mol. The summed E-state index contributed by atoms with van der Waals surface area (Å²) in [6.07, 6.45) is 6.54. The average molecular weight is 337 g/mol. The minimum atomic E-state index is -0.870. The average Bonchev–Trinajstić information content (AvgIpc) is 2.62. The molecule has 0 amide bonds. The van der Waals surface area contributed by atoms with Gasteiger partial charge >= 0.3 is 5.97 Å². The Morgan fingerprint density at radius 1 is 1.08 bits per heavy atom. The van der Waals surface area contributed by atoms with Crippen LogP contribution in [0.15, 0.2) is 42.5 Å². The monoisotopic (exact) mass is 337 g/mol. The van der Waals surface area contributed by atoms with Crippen LogP contribution >= 0.6 is 0 Å². The molecule has 0 aliphatic heterocycles. The van der Waals surface area contributed by atoms with Crippen molar-refractivity contribution < 1.29 is 9.90 Å². The molecule has 1 aliphatic carbocycles. The molecule has 0 radical (unpaired) electrons. The van der Waals surface area contributed by atoms with Crippen molar-refractivity contribution in [2.75, 3.05) is 7.05 Å². The van der Waals surface area contributed by atoms with E-state index in [9.17, 15) is 9.90 Å². The Morgan fingerprint density at radius 2 is 1.80 bits per heavy atom. The van der Waals surface area contributed by atoms with E-state index < -0.39 is 5.97 Å². The number of benzene rings is 2. The van der Waals surface area contributed by atoms with Crippen LogP contribution in [0.1, 0.15) is 53.6 Å². The Morgan fingerprint density at radius 3 is 2.48 bits per heavy atom. The van der Waals surface area contributed by atoms with Crippen LogP contribution < -0.4 is 0 Å². The number of hydrogen-bond donors (Lipinski definition) is 1. The number of carboxylic acids is 1. The highest BCUT2D eigenvalue weighted by Crippen LogP contribution is 2.29. The Bertz CT molecular complexity index is 747. The molecule has 0 saturated heterocycles. The number of carboxylic acid groups (broad SMARTS) is 1. The zero-order chi connectivity index (χ0) is 17.8. The van der Waals surface area contributed by atoms with Gasteiger partial charge in [-0.15, -0.1) is 0 Å². The van der Waals surface area contributed by atoms with Gasteiger partial charge in [-0.05, 0) is 61.2 Å². The molecule has 0 atom stereocenters. The third-order valence-corrected chi connectivity index (χ3v) is 5.38. The Balaban J connectivity index is 1.90. The van der Waals surface area contributed by atoms with Crippen LogP contribution in [0.4, 0.5) is 0 Å². The SMILES string of the molecule is Cc1ccccc1-c1cc(CN(C)C2CCCCC2)ccc1C(=O)O. The van der Waals surface area contributed by atoms with Gasteiger partial charge in [0.1, 0.15) is 0 Å². The van der Waals surface area contributed by atoms with Crippen LogP contribution in [-0.2, 0) is 6.54 Å². The Labute approximate surface area is 150 Å². The van der Waals surface area contributed by atoms with E-state index in [0.717, 1.165) is 23.2 Å². The van der Waals surface area contributed by atoms with Gasteiger partial charge in [-0.3, -0.25) is 4.90 Å². The summed E-state index contributed by atoms with van der Waals surface area (Å²) in [5.41, 5.74) is 4.47. The largest absolute Gasteiger partial charge is 0.478 e. The maximum absolute atomic E-state index is 11.7. The van der Waals surface area contributed by atoms with E-state index >= 15 is 0 Å². The second-order valence-electron chi connectivity index (χ2n) is 7.21. The molecule has 2 aromatic rings. The highest BCUT2D eigenvalue weighted by atomic mass is 16.4. The lowest BCUT2D eigenvalue weighted by Crippen LogP contribution is -2.32. The lowest BCUT2D eigenvalue weighted by atomic mass is 9.92. The van der Waals surface area contributed by atoms with Crippen LogP contribution in [0.3, 0.4) is 0 Å². The third-order valence-electron chi connectivity index (χ3n) is 5.38. The van der Waals surface area contributed by atoms with Crippen molar-refractivity contribution in [3.63, 3.8) is 0 Å². The molecule has 0 spiro atoms. The van der Waals surface area contributed by atoms with Crippen LogP contribution in [-0.4, -0.2) is 29.1 Å². The highest BCUT2D eigenvalue weighted by Gasteiger charge is 2.19. The lowest BCUT2D eigenvalue weighted by molar-refractivity contribution is 0.0697. The van der Waals surface area contributed by atoms with Gasteiger partial charge in [0, 0.05) is 12.6 Å². The zero-order valence-electron chi connectivity index (χ0n) is 15.2. The predicted octanol–water partition coefficient (Wildman–Crippen LogP) is 5.12. The van der Waals surface area contributed by atoms with E-state index in [0.29, 0.717) is 11.6 Å². The number of carbonyl (C=O) groups is 1. The van der Waals surface area contributed by atoms with E-state index in [1.165, 1.54) is 37.7 Å². The van der Waals surface area contributed by atoms with Crippen LogP contribution in [0.2, 0.25) is 0 Å². The summed E-state index contributed by atoms with van der Waals surface area (Å²) in [7, 11) is 2.19. The summed E-state index contributed by atoms with van der Waals surface area (Å²) in [5.74, 6) is -0.870. The number of hydrogen-bond acceptors (Lipinski definition) is 2. The van der Waals surface area contributed by atoms with Gasteiger partial charge in [0.05, 0.1) is 5.56 Å². The standard InChI is InChI=1S/C22H27NO2/c1-16-8-6-7-11-19(16)21-14-17(12-13-20(21)22(24)25)15-23(2)18-9-4-3-5-10-18/h6-8,11-14,18H,3-5,9-10,15H2,1-2H3,(H,24,25). The van der Waals surface area contributed by atoms with Gasteiger partial charge in [-0.2, -0.15) is 0 Å². The molecule has 3 rings (SSSR count). The van der Waals surface area contributed by atoms with Crippen LogP contribution in [0, 0.1) is 6.92 Å². The van der Waals surface area contributed by atoms with Gasteiger partial charge in [-0.1, -0.05) is 49.6 Å². The minimum Gasteiger partial charge on any atom is -0.478 e. The molecule has 1 aliphatic rings. The molecule has 0 bridgehead atoms. The van der Waals surface area contributed by atoms with Crippen molar-refractivity contribution in [1.82, 2.24) is 4.90 Å². The smallest absolute Gasteiger partial charge is 0.336 e. The molecule has 132 valence electrons. The Hall–Kier alpha value is -2.13. The van der Waals surface area contributed by atoms with Crippen molar-refractivity contribution in [3.05, 3.63) is 59.2 Å². The first kappa shape index (κ1) is 17.7. The summed E-state index contributed by atoms with van der Waals surface area (Å²) in [5, 5.41) is 9.58. The van der Waals surface area contributed by atoms with E-state index in [2.05, 4.69) is 18.0 Å². The fraction of sp³-hybridized carbons (Fsp3) is 0.409. The molecule has 2 aromatic carbocycles. The molecule has 0 aromatic heterocycles. The summed E-state index contributed by atoms with van der Waals surface area (Å²) < 4.78 is 0. The fourth-order valence-corrected chi connectivity index (χ4v) is 3.91. The molecule has 0 unspecified atom stereocenters. The summed E-state index contributed by atoms with van der Waals surface area (Å²) in [6, 6.07) is 14.4. The molecule has 1 N–H and O–H groups in total. The van der Waals surface area contributed by atoms with Gasteiger partial charge in [0.15, 0.2) is 0 Å². The van der Waals surface area contributed by atoms with Gasteiger partial charge in [0.2, 0.25) is 0 Å². The van der Waals surface area contributed by atoms with E-state index in [1.54, 1.807) is 6.07 Å². The van der Waals surface area contributed by atoms with Crippen molar-refractivity contribution >= 4 is 5.97 Å². The summed E-state index contributed by atoms with van der Waals surface area (Å²) in [6.45, 7) is 2.89. The topological polar surface area (TPSA) is 40.5 Å². The van der Waals surface area contributed by atoms with Gasteiger partial charge in [-0.25, -0.2) is 4.79 Å². The summed E-state index contributed by atoms with van der Waals surface area (Å²) in [4.78, 5) is 14.1. The van der Waals surface area contributed by atoms with Crippen LogP contribution in [0.5, 0.6) is 0 Å². The highest BCUT2D eigenvalue weighted by molar-refractivity contribution is 5.96. The first-order valence-electron chi connectivity index (χ1n) is 9.18. The van der Waals surface area contributed by atoms with Crippen LogP contribution in [0.25, 0.3) is 11.1 Å². The molecule has 0 heterocycles. The van der Waals surface area contributed by atoms with Crippen molar-refractivity contribution in [1.29, 1.82) is 0 Å². The Kier molecular flexibility index (Phi) is 5.54. The van der Waals surface area contributed by atoms with Gasteiger partial charge < -0.3 is 5.11 Å². The number of aryl methyl sites for hydroxylation is 1. The zero-order valence-corrected chi connectivity index (χ0v) is 15.2. The first-order chi connectivity index (χ1) is 12.1. The number of aromatic carboxylic acids is 1. The fourth-order valence-electron chi connectivity index (χ4n) is 3.91. The third kappa shape index (κ3) is 4.10. The maximum atomic E-state index is 11.7. The second kappa shape index (κ2) is 7.83. The molecule has 1 saturated carbocycles. The number of rotatable bonds is 5. The van der Waals surface area contributed by atoms with E-state index in [1.807, 2.05) is 37.3 Å². The molecule has 3 nitrogen and oxygen atoms in total. The van der Waals surface area contributed by atoms with Crippen molar-refractivity contribution in [2.24, 2.45) is 0 Å². The van der Waals surface area contributed by atoms with Crippen molar-refractivity contribution in [3.8, 4) is 11.1 Å². The molecule has 3 heteroatoms. The molecule has 1 fully saturated rings. The summed E-state index contributed by atoms with van der Waals surface area (Å²) >= 11 is 0. The molecular weight excluding hydrogens is 310 g/mol. The van der Waals surface area contributed by atoms with Crippen molar-refractivity contribution in [2.45, 2.75) is 51.6 Å².